The van der Waals surface area contributed by atoms with E-state index in [9.17, 15) is 4.79 Å². The fourth-order valence-electron chi connectivity index (χ4n) is 1.34. The molecule has 82 valence electrons. The molecule has 0 saturated carbocycles. The summed E-state index contributed by atoms with van der Waals surface area (Å²) in [6, 6.07) is 6.29. The van der Waals surface area contributed by atoms with Crippen molar-refractivity contribution in [2.45, 2.75) is 0 Å². The zero-order valence-electron chi connectivity index (χ0n) is 7.91. The second-order valence-electron chi connectivity index (χ2n) is 3.13. The standard InChI is InChI=1S/C11H6BrClO3/c12-9-1-2-16-10(9)6-3-7(11(14)15)5-8(13)4-6/h1-5H,(H,14,15). The van der Waals surface area contributed by atoms with Crippen molar-refractivity contribution in [1.29, 1.82) is 0 Å². The summed E-state index contributed by atoms with van der Waals surface area (Å²) in [4.78, 5) is 10.9. The van der Waals surface area contributed by atoms with Crippen LogP contribution in [0.4, 0.5) is 0 Å². The number of furan rings is 1. The SMILES string of the molecule is O=C(O)c1cc(Cl)cc(-c2occc2Br)c1. The Morgan fingerprint density at radius 2 is 2.12 bits per heavy atom. The number of rotatable bonds is 2. The van der Waals surface area contributed by atoms with Crippen LogP contribution in [0.25, 0.3) is 11.3 Å². The maximum absolute atomic E-state index is 10.9. The molecule has 0 unspecified atom stereocenters. The highest BCUT2D eigenvalue weighted by Crippen LogP contribution is 2.31. The van der Waals surface area contributed by atoms with Gasteiger partial charge in [0, 0.05) is 10.6 Å². The molecule has 2 rings (SSSR count). The van der Waals surface area contributed by atoms with Crippen molar-refractivity contribution in [1.82, 2.24) is 0 Å². The van der Waals surface area contributed by atoms with Crippen LogP contribution in [0.3, 0.4) is 0 Å². The van der Waals surface area contributed by atoms with Gasteiger partial charge in [0.1, 0.15) is 5.76 Å². The Labute approximate surface area is 105 Å². The van der Waals surface area contributed by atoms with Gasteiger partial charge in [0.15, 0.2) is 0 Å². The van der Waals surface area contributed by atoms with E-state index >= 15 is 0 Å². The maximum atomic E-state index is 10.9. The van der Waals surface area contributed by atoms with Crippen molar-refractivity contribution in [3.63, 3.8) is 0 Å². The molecule has 0 bridgehead atoms. The number of aromatic carboxylic acids is 1. The van der Waals surface area contributed by atoms with Gasteiger partial charge in [0.2, 0.25) is 0 Å². The van der Waals surface area contributed by atoms with Gasteiger partial charge < -0.3 is 9.52 Å². The lowest BCUT2D eigenvalue weighted by Crippen LogP contribution is -1.96. The molecule has 1 heterocycles. The van der Waals surface area contributed by atoms with Gasteiger partial charge in [-0.05, 0) is 40.2 Å². The highest BCUT2D eigenvalue weighted by atomic mass is 79.9. The quantitative estimate of drug-likeness (QED) is 0.910. The molecule has 0 saturated heterocycles. The monoisotopic (exact) mass is 300 g/mol. The molecule has 1 N–H and O–H groups in total. The normalized spacial score (nSPS) is 10.4. The first-order chi connectivity index (χ1) is 7.58. The number of carboxylic acids is 1. The number of carboxylic acid groups (broad SMARTS) is 1. The topological polar surface area (TPSA) is 50.4 Å². The molecule has 0 radical (unpaired) electrons. The third kappa shape index (κ3) is 2.13. The van der Waals surface area contributed by atoms with Gasteiger partial charge in [-0.2, -0.15) is 0 Å². The Kier molecular flexibility index (Phi) is 3.03. The van der Waals surface area contributed by atoms with E-state index in [1.165, 1.54) is 18.4 Å². The summed E-state index contributed by atoms with van der Waals surface area (Å²) >= 11 is 9.15. The van der Waals surface area contributed by atoms with Gasteiger partial charge in [0.25, 0.3) is 0 Å². The minimum Gasteiger partial charge on any atom is -0.478 e. The van der Waals surface area contributed by atoms with Crippen molar-refractivity contribution < 1.29 is 14.3 Å². The van der Waals surface area contributed by atoms with Crippen LogP contribution in [0.1, 0.15) is 10.4 Å². The molecule has 2 aromatic rings. The fraction of sp³-hybridized carbons (Fsp3) is 0. The lowest BCUT2D eigenvalue weighted by atomic mass is 10.1. The number of carbonyl (C=O) groups is 1. The first kappa shape index (κ1) is 11.2. The zero-order chi connectivity index (χ0) is 11.7. The fourth-order valence-corrected chi connectivity index (χ4v) is 2.01. The van der Waals surface area contributed by atoms with E-state index < -0.39 is 5.97 Å². The maximum Gasteiger partial charge on any atom is 0.335 e. The van der Waals surface area contributed by atoms with E-state index in [0.29, 0.717) is 16.3 Å². The van der Waals surface area contributed by atoms with E-state index in [1.807, 2.05) is 0 Å². The number of benzene rings is 1. The third-order valence-electron chi connectivity index (χ3n) is 2.02. The third-order valence-corrected chi connectivity index (χ3v) is 2.87. The summed E-state index contributed by atoms with van der Waals surface area (Å²) in [5.74, 6) is -0.462. The summed E-state index contributed by atoms with van der Waals surface area (Å²) in [7, 11) is 0. The van der Waals surface area contributed by atoms with Crippen LogP contribution in [0.5, 0.6) is 0 Å². The van der Waals surface area contributed by atoms with Crippen LogP contribution < -0.4 is 0 Å². The van der Waals surface area contributed by atoms with Gasteiger partial charge in [-0.1, -0.05) is 11.6 Å². The second kappa shape index (κ2) is 4.31. The van der Waals surface area contributed by atoms with Crippen molar-refractivity contribution in [2.24, 2.45) is 0 Å². The molecule has 0 aliphatic heterocycles. The highest BCUT2D eigenvalue weighted by Gasteiger charge is 2.11. The average Bonchev–Trinajstić information content (AvgIpc) is 2.63. The van der Waals surface area contributed by atoms with Crippen LogP contribution in [0.2, 0.25) is 5.02 Å². The molecule has 0 amide bonds. The summed E-state index contributed by atoms with van der Waals surface area (Å²) in [5, 5.41) is 9.26. The van der Waals surface area contributed by atoms with E-state index in [2.05, 4.69) is 15.9 Å². The minimum absolute atomic E-state index is 0.130. The smallest absolute Gasteiger partial charge is 0.335 e. The average molecular weight is 302 g/mol. The van der Waals surface area contributed by atoms with Gasteiger partial charge in [-0.15, -0.1) is 0 Å². The van der Waals surface area contributed by atoms with E-state index in [1.54, 1.807) is 12.1 Å². The van der Waals surface area contributed by atoms with Crippen LogP contribution in [-0.4, -0.2) is 11.1 Å². The van der Waals surface area contributed by atoms with Crippen LogP contribution in [0.15, 0.2) is 39.4 Å². The van der Waals surface area contributed by atoms with Crippen molar-refractivity contribution in [3.8, 4) is 11.3 Å². The first-order valence-corrected chi connectivity index (χ1v) is 5.52. The highest BCUT2D eigenvalue weighted by molar-refractivity contribution is 9.10. The largest absolute Gasteiger partial charge is 0.478 e. The Hall–Kier alpha value is -1.26. The Bertz CT molecular complexity index is 548. The predicted molar refractivity (Wildman–Crippen MR) is 63.8 cm³/mol. The molecule has 5 heteroatoms. The summed E-state index contributed by atoms with van der Waals surface area (Å²) in [5.41, 5.74) is 0.757. The van der Waals surface area contributed by atoms with Crippen molar-refractivity contribution >= 4 is 33.5 Å². The second-order valence-corrected chi connectivity index (χ2v) is 4.42. The minimum atomic E-state index is -1.02. The predicted octanol–water partition coefficient (Wildman–Crippen LogP) is 4.06. The van der Waals surface area contributed by atoms with E-state index in [4.69, 9.17) is 21.1 Å². The molecule has 0 aliphatic carbocycles. The van der Waals surface area contributed by atoms with E-state index in [-0.39, 0.29) is 5.56 Å². The van der Waals surface area contributed by atoms with Gasteiger partial charge >= 0.3 is 5.97 Å². The molecule has 0 aliphatic rings. The number of hydrogen-bond donors (Lipinski definition) is 1. The lowest BCUT2D eigenvalue weighted by Gasteiger charge is -2.02. The molecule has 1 aromatic carbocycles. The molecule has 3 nitrogen and oxygen atoms in total. The summed E-state index contributed by atoms with van der Waals surface area (Å²) in [6.45, 7) is 0. The summed E-state index contributed by atoms with van der Waals surface area (Å²) < 4.78 is 6.00. The van der Waals surface area contributed by atoms with Gasteiger partial charge in [0.05, 0.1) is 16.3 Å². The molecule has 0 atom stereocenters. The van der Waals surface area contributed by atoms with E-state index in [0.717, 1.165) is 4.47 Å². The van der Waals surface area contributed by atoms with Crippen LogP contribution in [-0.2, 0) is 0 Å². The molecule has 16 heavy (non-hydrogen) atoms. The molecule has 0 fully saturated rings. The van der Waals surface area contributed by atoms with Crippen LogP contribution >= 0.6 is 27.5 Å². The Morgan fingerprint density at radius 1 is 1.38 bits per heavy atom. The molecular formula is C11H6BrClO3. The van der Waals surface area contributed by atoms with Gasteiger partial charge in [-0.3, -0.25) is 0 Å². The molecule has 1 aromatic heterocycles. The van der Waals surface area contributed by atoms with Crippen molar-refractivity contribution in [2.75, 3.05) is 0 Å². The van der Waals surface area contributed by atoms with Crippen LogP contribution in [0, 0.1) is 0 Å². The number of hydrogen-bond acceptors (Lipinski definition) is 2. The lowest BCUT2D eigenvalue weighted by molar-refractivity contribution is 0.0697. The Morgan fingerprint density at radius 3 is 2.69 bits per heavy atom. The summed E-state index contributed by atoms with van der Waals surface area (Å²) in [6.07, 6.45) is 1.51. The molecular weight excluding hydrogens is 295 g/mol. The zero-order valence-corrected chi connectivity index (χ0v) is 10.2. The van der Waals surface area contributed by atoms with Crippen molar-refractivity contribution in [3.05, 3.63) is 45.6 Å². The first-order valence-electron chi connectivity index (χ1n) is 4.35. The molecule has 0 spiro atoms. The Balaban J connectivity index is 2.58. The number of halogens is 2. The van der Waals surface area contributed by atoms with Gasteiger partial charge in [-0.25, -0.2) is 4.79 Å².